The molecule has 1 atom stereocenters. The number of nitrogens with one attached hydrogen (secondary N) is 2. The van der Waals surface area contributed by atoms with Crippen molar-refractivity contribution in [3.8, 4) is 5.75 Å². The first-order chi connectivity index (χ1) is 14.7. The van der Waals surface area contributed by atoms with Gasteiger partial charge in [0.15, 0.2) is 5.96 Å². The van der Waals surface area contributed by atoms with Gasteiger partial charge in [-0.1, -0.05) is 30.3 Å². The molecule has 0 aliphatic carbocycles. The normalized spacial score (nSPS) is 18.7. The van der Waals surface area contributed by atoms with Crippen molar-refractivity contribution < 1.29 is 9.53 Å². The number of hydrogen-bond donors (Lipinski definition) is 2. The zero-order chi connectivity index (χ0) is 20.8. The van der Waals surface area contributed by atoms with Gasteiger partial charge in [0.1, 0.15) is 12.4 Å². The minimum absolute atomic E-state index is 0.0830. The van der Waals surface area contributed by atoms with E-state index in [-0.39, 0.29) is 5.91 Å². The number of carbonyl (C=O) groups excluding carboxylic acids is 1. The highest BCUT2D eigenvalue weighted by molar-refractivity contribution is 5.94. The fourth-order valence-electron chi connectivity index (χ4n) is 4.25. The molecule has 0 saturated carbocycles. The number of guanidine groups is 1. The number of anilines is 1. The number of benzene rings is 2. The van der Waals surface area contributed by atoms with Crippen LogP contribution in [0.4, 0.5) is 5.69 Å². The lowest BCUT2D eigenvalue weighted by atomic mass is 9.99. The van der Waals surface area contributed by atoms with Crippen LogP contribution in [0.3, 0.4) is 0 Å². The Labute approximate surface area is 178 Å². The second-order valence-corrected chi connectivity index (χ2v) is 7.98. The molecule has 6 heteroatoms. The van der Waals surface area contributed by atoms with Gasteiger partial charge in [0, 0.05) is 32.2 Å². The Kier molecular flexibility index (Phi) is 6.52. The molecule has 1 unspecified atom stereocenters. The average Bonchev–Trinajstić information content (AvgIpc) is 3.22. The van der Waals surface area contributed by atoms with Crippen molar-refractivity contribution in [2.75, 3.05) is 38.6 Å². The van der Waals surface area contributed by atoms with Crippen LogP contribution in [0.25, 0.3) is 0 Å². The second kappa shape index (κ2) is 9.65. The first-order valence-corrected chi connectivity index (χ1v) is 10.8. The molecule has 2 aliphatic heterocycles. The Morgan fingerprint density at radius 1 is 1.23 bits per heavy atom. The Balaban J connectivity index is 1.21. The Morgan fingerprint density at radius 3 is 2.93 bits per heavy atom. The largest absolute Gasteiger partial charge is 0.492 e. The van der Waals surface area contributed by atoms with Gasteiger partial charge < -0.3 is 20.3 Å². The van der Waals surface area contributed by atoms with Crippen LogP contribution in [0.5, 0.6) is 5.75 Å². The number of nitrogens with zero attached hydrogens (tertiary/aromatic N) is 2. The number of carbonyl (C=O) groups is 1. The number of ether oxygens (including phenoxy) is 1. The lowest BCUT2D eigenvalue weighted by Gasteiger charge is -2.22. The van der Waals surface area contributed by atoms with Crippen LogP contribution in [-0.2, 0) is 17.6 Å². The van der Waals surface area contributed by atoms with Gasteiger partial charge in [-0.15, -0.1) is 0 Å². The molecule has 0 aromatic heterocycles. The zero-order valence-corrected chi connectivity index (χ0v) is 17.6. The Bertz CT molecular complexity index is 897. The molecule has 1 amide bonds. The number of likely N-dealkylation sites (tertiary alicyclic amines) is 1. The minimum Gasteiger partial charge on any atom is -0.492 e. The highest BCUT2D eigenvalue weighted by Crippen LogP contribution is 2.26. The van der Waals surface area contributed by atoms with Crippen molar-refractivity contribution >= 4 is 17.6 Å². The Hall–Kier alpha value is -3.02. The van der Waals surface area contributed by atoms with Crippen molar-refractivity contribution in [3.05, 3.63) is 59.7 Å². The van der Waals surface area contributed by atoms with Gasteiger partial charge in [0.05, 0.1) is 6.54 Å². The molecule has 2 heterocycles. The van der Waals surface area contributed by atoms with Crippen LogP contribution in [0.2, 0.25) is 0 Å². The SMILES string of the molecule is CN=C(NCCOc1ccc2c(c1)CCC(=O)N2)N1CCC(Cc2ccccc2)C1. The lowest BCUT2D eigenvalue weighted by molar-refractivity contribution is -0.116. The van der Waals surface area contributed by atoms with Crippen LogP contribution >= 0.6 is 0 Å². The Morgan fingerprint density at radius 2 is 2.10 bits per heavy atom. The maximum Gasteiger partial charge on any atom is 0.224 e. The van der Waals surface area contributed by atoms with Gasteiger partial charge in [-0.2, -0.15) is 0 Å². The highest BCUT2D eigenvalue weighted by atomic mass is 16.5. The van der Waals surface area contributed by atoms with Gasteiger partial charge in [-0.3, -0.25) is 9.79 Å². The predicted molar refractivity (Wildman–Crippen MR) is 120 cm³/mol. The molecule has 0 bridgehead atoms. The second-order valence-electron chi connectivity index (χ2n) is 7.98. The molecule has 2 aromatic rings. The van der Waals surface area contributed by atoms with Crippen LogP contribution in [0.1, 0.15) is 24.0 Å². The summed E-state index contributed by atoms with van der Waals surface area (Å²) in [6.07, 6.45) is 3.62. The maximum atomic E-state index is 11.5. The number of amides is 1. The summed E-state index contributed by atoms with van der Waals surface area (Å²) in [4.78, 5) is 18.3. The van der Waals surface area contributed by atoms with Crippen LogP contribution in [0, 0.1) is 5.92 Å². The van der Waals surface area contributed by atoms with E-state index in [0.29, 0.717) is 25.5 Å². The molecular weight excluding hydrogens is 376 g/mol. The van der Waals surface area contributed by atoms with E-state index in [1.165, 1.54) is 12.0 Å². The van der Waals surface area contributed by atoms with Gasteiger partial charge >= 0.3 is 0 Å². The van der Waals surface area contributed by atoms with Crippen molar-refractivity contribution in [1.29, 1.82) is 0 Å². The van der Waals surface area contributed by atoms with E-state index in [1.54, 1.807) is 0 Å². The van der Waals surface area contributed by atoms with Gasteiger partial charge in [-0.25, -0.2) is 0 Å². The average molecular weight is 407 g/mol. The molecule has 1 saturated heterocycles. The quantitative estimate of drug-likeness (QED) is 0.440. The molecule has 0 radical (unpaired) electrons. The molecule has 2 N–H and O–H groups in total. The third-order valence-corrected chi connectivity index (χ3v) is 5.79. The summed E-state index contributed by atoms with van der Waals surface area (Å²) >= 11 is 0. The smallest absolute Gasteiger partial charge is 0.224 e. The summed E-state index contributed by atoms with van der Waals surface area (Å²) < 4.78 is 5.91. The standard InChI is InChI=1S/C24H30N4O2/c1-25-24(28-13-11-19(17-28)15-18-5-3-2-4-6-18)26-12-14-30-21-8-9-22-20(16-21)7-10-23(29)27-22/h2-6,8-9,16,19H,7,10-15,17H2,1H3,(H,25,26)(H,27,29). The van der Waals surface area contributed by atoms with E-state index in [4.69, 9.17) is 4.74 Å². The van der Waals surface area contributed by atoms with E-state index in [2.05, 4.69) is 50.9 Å². The maximum absolute atomic E-state index is 11.5. The molecule has 6 nitrogen and oxygen atoms in total. The van der Waals surface area contributed by atoms with Crippen molar-refractivity contribution in [1.82, 2.24) is 10.2 Å². The van der Waals surface area contributed by atoms with Crippen molar-refractivity contribution in [2.45, 2.75) is 25.7 Å². The van der Waals surface area contributed by atoms with Crippen molar-refractivity contribution in [2.24, 2.45) is 10.9 Å². The summed E-state index contributed by atoms with van der Waals surface area (Å²) in [5.41, 5.74) is 3.44. The molecule has 30 heavy (non-hydrogen) atoms. The predicted octanol–water partition coefficient (Wildman–Crippen LogP) is 3.09. The van der Waals surface area contributed by atoms with E-state index in [9.17, 15) is 4.79 Å². The fourth-order valence-corrected chi connectivity index (χ4v) is 4.25. The lowest BCUT2D eigenvalue weighted by Crippen LogP contribution is -2.41. The molecular formula is C24H30N4O2. The van der Waals surface area contributed by atoms with Gasteiger partial charge in [0.25, 0.3) is 0 Å². The van der Waals surface area contributed by atoms with E-state index in [1.807, 2.05) is 25.2 Å². The third kappa shape index (κ3) is 5.12. The first-order valence-electron chi connectivity index (χ1n) is 10.8. The van der Waals surface area contributed by atoms with Crippen LogP contribution in [-0.4, -0.2) is 50.1 Å². The summed E-state index contributed by atoms with van der Waals surface area (Å²) in [5.74, 6) is 2.53. The summed E-state index contributed by atoms with van der Waals surface area (Å²) in [6, 6.07) is 16.6. The molecule has 2 aromatic carbocycles. The topological polar surface area (TPSA) is 66.0 Å². The summed E-state index contributed by atoms with van der Waals surface area (Å²) in [5, 5.41) is 6.33. The number of aliphatic imine (C=N–C) groups is 1. The highest BCUT2D eigenvalue weighted by Gasteiger charge is 2.24. The zero-order valence-electron chi connectivity index (χ0n) is 17.6. The third-order valence-electron chi connectivity index (χ3n) is 5.79. The fraction of sp³-hybridized carbons (Fsp3) is 0.417. The van der Waals surface area contributed by atoms with E-state index < -0.39 is 0 Å². The van der Waals surface area contributed by atoms with Gasteiger partial charge in [0.2, 0.25) is 5.91 Å². The summed E-state index contributed by atoms with van der Waals surface area (Å²) in [7, 11) is 1.84. The number of fused-ring (bicyclic) bond motifs is 1. The molecule has 158 valence electrons. The van der Waals surface area contributed by atoms with Crippen LogP contribution < -0.4 is 15.4 Å². The first kappa shape index (κ1) is 20.3. The van der Waals surface area contributed by atoms with E-state index in [0.717, 1.165) is 48.9 Å². The van der Waals surface area contributed by atoms with Crippen LogP contribution in [0.15, 0.2) is 53.5 Å². The number of rotatable bonds is 6. The van der Waals surface area contributed by atoms with E-state index >= 15 is 0 Å². The molecule has 2 aliphatic rings. The van der Waals surface area contributed by atoms with Gasteiger partial charge in [-0.05, 0) is 54.5 Å². The van der Waals surface area contributed by atoms with Crippen molar-refractivity contribution in [3.63, 3.8) is 0 Å². The monoisotopic (exact) mass is 406 g/mol. The summed E-state index contributed by atoms with van der Waals surface area (Å²) in [6.45, 7) is 3.33. The molecule has 4 rings (SSSR count). The molecule has 0 spiro atoms. The minimum atomic E-state index is 0.0830. The molecule has 1 fully saturated rings. The number of aryl methyl sites for hydroxylation is 1. The number of hydrogen-bond acceptors (Lipinski definition) is 3.